The maximum absolute atomic E-state index is 11.7. The first kappa shape index (κ1) is 22.3. The van der Waals surface area contributed by atoms with E-state index in [1.807, 2.05) is 37.6 Å². The molecule has 0 radical (unpaired) electrons. The van der Waals surface area contributed by atoms with Gasteiger partial charge in [-0.1, -0.05) is 24.3 Å². The molecule has 1 amide bonds. The van der Waals surface area contributed by atoms with E-state index in [-0.39, 0.29) is 5.56 Å². The van der Waals surface area contributed by atoms with Crippen LogP contribution < -0.4 is 10.2 Å². The van der Waals surface area contributed by atoms with Crippen molar-refractivity contribution in [3.05, 3.63) is 66.5 Å². The molecule has 0 atom stereocenters. The number of carbonyl (C=O) groups is 1. The zero-order valence-electron chi connectivity index (χ0n) is 16.8. The number of alkyl halides is 3. The molecule has 164 valence electrons. The second kappa shape index (κ2) is 10.1. The van der Waals surface area contributed by atoms with Crippen LogP contribution in [0.2, 0.25) is 0 Å². The van der Waals surface area contributed by atoms with Crippen LogP contribution in [0.1, 0.15) is 10.4 Å². The minimum atomic E-state index is -4.67. The second-order valence-corrected chi connectivity index (χ2v) is 6.70. The molecule has 2 aromatic heterocycles. The third-order valence-electron chi connectivity index (χ3n) is 4.36. The SMILES string of the molecule is Cn1cc(-c2cccc(N3CCOCC3)n2)cn1.O=C(NC(F)(F)F)c1ccccc1. The molecule has 1 aliphatic heterocycles. The molecule has 31 heavy (non-hydrogen) atoms. The zero-order chi connectivity index (χ0) is 22.3. The Kier molecular flexibility index (Phi) is 7.24. The minimum absolute atomic E-state index is 0.0141. The second-order valence-electron chi connectivity index (χ2n) is 6.70. The number of ether oxygens (including phenoxy) is 1. The average Bonchev–Trinajstić information content (AvgIpc) is 3.21. The van der Waals surface area contributed by atoms with Gasteiger partial charge in [-0.2, -0.15) is 18.3 Å². The van der Waals surface area contributed by atoms with Crippen molar-refractivity contribution in [1.29, 1.82) is 0 Å². The molecule has 3 aromatic rings. The first-order valence-electron chi connectivity index (χ1n) is 9.55. The Morgan fingerprint density at radius 2 is 1.77 bits per heavy atom. The number of rotatable bonds is 3. The summed E-state index contributed by atoms with van der Waals surface area (Å²) in [4.78, 5) is 17.8. The maximum Gasteiger partial charge on any atom is 0.484 e. The van der Waals surface area contributed by atoms with E-state index in [0.29, 0.717) is 0 Å². The smallest absolute Gasteiger partial charge is 0.378 e. The van der Waals surface area contributed by atoms with Gasteiger partial charge in [-0.3, -0.25) is 14.8 Å². The number of nitrogens with zero attached hydrogens (tertiary/aromatic N) is 4. The standard InChI is InChI=1S/C13H16N4O.C8H6F3NO/c1-16-10-11(9-14-16)12-3-2-4-13(15-12)17-5-7-18-8-6-17;9-8(10,11)12-7(13)6-4-2-1-3-5-6/h2-4,9-10H,5-8H2,1H3;1-5H,(H,12,13). The van der Waals surface area contributed by atoms with Crippen molar-refractivity contribution in [2.75, 3.05) is 31.2 Å². The van der Waals surface area contributed by atoms with Gasteiger partial charge in [0.2, 0.25) is 0 Å². The number of hydrogen-bond donors (Lipinski definition) is 1. The van der Waals surface area contributed by atoms with Crippen molar-refractivity contribution in [3.63, 3.8) is 0 Å². The molecular weight excluding hydrogens is 411 g/mol. The fourth-order valence-corrected chi connectivity index (χ4v) is 2.90. The van der Waals surface area contributed by atoms with E-state index >= 15 is 0 Å². The maximum atomic E-state index is 11.7. The van der Waals surface area contributed by atoms with Gasteiger partial charge in [0.25, 0.3) is 5.91 Å². The summed E-state index contributed by atoms with van der Waals surface area (Å²) in [6.45, 7) is 3.37. The van der Waals surface area contributed by atoms with E-state index in [4.69, 9.17) is 9.72 Å². The molecule has 1 fully saturated rings. The number of morpholine rings is 1. The number of benzene rings is 1. The lowest BCUT2D eigenvalue weighted by Gasteiger charge is -2.27. The number of anilines is 1. The number of halogens is 3. The van der Waals surface area contributed by atoms with Gasteiger partial charge in [-0.05, 0) is 24.3 Å². The molecule has 0 spiro atoms. The Hall–Kier alpha value is -3.40. The van der Waals surface area contributed by atoms with Crippen molar-refractivity contribution < 1.29 is 22.7 Å². The Morgan fingerprint density at radius 1 is 1.06 bits per heavy atom. The van der Waals surface area contributed by atoms with Crippen molar-refractivity contribution in [2.24, 2.45) is 7.05 Å². The van der Waals surface area contributed by atoms with Crippen LogP contribution in [0.5, 0.6) is 0 Å². The first-order chi connectivity index (χ1) is 14.8. The Labute approximate surface area is 177 Å². The molecule has 1 aliphatic rings. The molecule has 10 heteroatoms. The number of pyridine rings is 1. The summed E-state index contributed by atoms with van der Waals surface area (Å²) < 4.78 is 42.1. The molecule has 1 N–H and O–H groups in total. The monoisotopic (exact) mass is 433 g/mol. The van der Waals surface area contributed by atoms with Crippen LogP contribution in [-0.2, 0) is 11.8 Å². The Bertz CT molecular complexity index is 986. The van der Waals surface area contributed by atoms with Crippen LogP contribution in [0, 0.1) is 0 Å². The highest BCUT2D eigenvalue weighted by atomic mass is 19.4. The van der Waals surface area contributed by atoms with Crippen molar-refractivity contribution in [1.82, 2.24) is 20.1 Å². The number of aryl methyl sites for hydroxylation is 1. The zero-order valence-corrected chi connectivity index (χ0v) is 16.8. The number of hydrogen-bond acceptors (Lipinski definition) is 5. The van der Waals surface area contributed by atoms with Crippen LogP contribution in [0.15, 0.2) is 60.9 Å². The lowest BCUT2D eigenvalue weighted by Crippen LogP contribution is -2.37. The van der Waals surface area contributed by atoms with Gasteiger partial charge >= 0.3 is 6.30 Å². The Balaban J connectivity index is 0.000000187. The highest BCUT2D eigenvalue weighted by Crippen LogP contribution is 2.20. The molecule has 4 rings (SSSR count). The predicted octanol–water partition coefficient (Wildman–Crippen LogP) is 3.25. The van der Waals surface area contributed by atoms with Crippen molar-refractivity contribution >= 4 is 11.7 Å². The first-order valence-corrected chi connectivity index (χ1v) is 9.55. The molecule has 1 aromatic carbocycles. The summed E-state index contributed by atoms with van der Waals surface area (Å²) in [6, 6.07) is 13.3. The van der Waals surface area contributed by atoms with Gasteiger partial charge in [-0.25, -0.2) is 4.98 Å². The average molecular weight is 433 g/mol. The number of aromatic nitrogens is 3. The summed E-state index contributed by atoms with van der Waals surface area (Å²) in [7, 11) is 1.91. The molecule has 0 saturated carbocycles. The molecule has 0 aliphatic carbocycles. The van der Waals surface area contributed by atoms with E-state index in [1.54, 1.807) is 10.7 Å². The van der Waals surface area contributed by atoms with Gasteiger partial charge in [0.15, 0.2) is 0 Å². The van der Waals surface area contributed by atoms with E-state index in [1.165, 1.54) is 24.3 Å². The van der Waals surface area contributed by atoms with E-state index in [0.717, 1.165) is 48.7 Å². The summed E-state index contributed by atoms with van der Waals surface area (Å²) in [5, 5.41) is 5.07. The van der Waals surface area contributed by atoms with Gasteiger partial charge < -0.3 is 9.64 Å². The quantitative estimate of drug-likeness (QED) is 0.642. The van der Waals surface area contributed by atoms with Crippen molar-refractivity contribution in [3.8, 4) is 11.3 Å². The number of nitrogens with one attached hydrogen (secondary N) is 1. The van der Waals surface area contributed by atoms with Crippen LogP contribution >= 0.6 is 0 Å². The van der Waals surface area contributed by atoms with Crippen LogP contribution in [0.25, 0.3) is 11.3 Å². The molecule has 0 unspecified atom stereocenters. The topological polar surface area (TPSA) is 72.3 Å². The van der Waals surface area contributed by atoms with Crippen molar-refractivity contribution in [2.45, 2.75) is 6.30 Å². The molecule has 1 saturated heterocycles. The number of carbonyl (C=O) groups excluding carboxylic acids is 1. The van der Waals surface area contributed by atoms with Crippen LogP contribution in [-0.4, -0.2) is 53.3 Å². The molecule has 0 bridgehead atoms. The van der Waals surface area contributed by atoms with E-state index < -0.39 is 12.2 Å². The van der Waals surface area contributed by atoms with E-state index in [9.17, 15) is 18.0 Å². The van der Waals surface area contributed by atoms with E-state index in [2.05, 4.69) is 10.00 Å². The van der Waals surface area contributed by atoms with Gasteiger partial charge in [0.1, 0.15) is 5.82 Å². The summed E-state index contributed by atoms with van der Waals surface area (Å²) in [5.41, 5.74) is 2.00. The third-order valence-corrected chi connectivity index (χ3v) is 4.36. The van der Waals surface area contributed by atoms with Gasteiger partial charge in [-0.15, -0.1) is 0 Å². The van der Waals surface area contributed by atoms with Gasteiger partial charge in [0, 0.05) is 37.5 Å². The molecule has 7 nitrogen and oxygen atoms in total. The third kappa shape index (κ3) is 6.82. The van der Waals surface area contributed by atoms with Crippen LogP contribution in [0.4, 0.5) is 19.0 Å². The normalized spacial score (nSPS) is 13.9. The van der Waals surface area contributed by atoms with Crippen LogP contribution in [0.3, 0.4) is 0 Å². The lowest BCUT2D eigenvalue weighted by molar-refractivity contribution is -0.146. The summed E-state index contributed by atoms with van der Waals surface area (Å²) in [5.74, 6) is -0.132. The summed E-state index contributed by atoms with van der Waals surface area (Å²) >= 11 is 0. The fraction of sp³-hybridized carbons (Fsp3) is 0.286. The fourth-order valence-electron chi connectivity index (χ4n) is 2.90. The van der Waals surface area contributed by atoms with Gasteiger partial charge in [0.05, 0.1) is 25.1 Å². The molecule has 3 heterocycles. The highest BCUT2D eigenvalue weighted by molar-refractivity contribution is 5.94. The Morgan fingerprint density at radius 3 is 2.39 bits per heavy atom. The minimum Gasteiger partial charge on any atom is -0.378 e. The highest BCUT2D eigenvalue weighted by Gasteiger charge is 2.30. The number of amides is 1. The molecular formula is C21H22F3N5O2. The lowest BCUT2D eigenvalue weighted by atomic mass is 10.2. The predicted molar refractivity (Wildman–Crippen MR) is 109 cm³/mol. The summed E-state index contributed by atoms with van der Waals surface area (Å²) in [6.07, 6.45) is -0.857. The largest absolute Gasteiger partial charge is 0.484 e.